The molecule has 1 aliphatic rings. The van der Waals surface area contributed by atoms with Gasteiger partial charge in [0, 0.05) is 23.7 Å². The highest BCUT2D eigenvalue weighted by Gasteiger charge is 2.27. The Balaban J connectivity index is 1.96. The number of rotatable bonds is 3. The van der Waals surface area contributed by atoms with Crippen molar-refractivity contribution in [3.8, 4) is 0 Å². The van der Waals surface area contributed by atoms with E-state index in [9.17, 15) is 4.39 Å². The van der Waals surface area contributed by atoms with Crippen molar-refractivity contribution in [2.24, 2.45) is 5.73 Å². The third kappa shape index (κ3) is 2.36. The van der Waals surface area contributed by atoms with Gasteiger partial charge in [-0.3, -0.25) is 0 Å². The van der Waals surface area contributed by atoms with Crippen LogP contribution in [0.2, 0.25) is 0 Å². The number of halogens is 1. The van der Waals surface area contributed by atoms with Crippen LogP contribution in [0.15, 0.2) is 24.3 Å². The molecule has 1 aliphatic carbocycles. The molecule has 1 saturated carbocycles. The topological polar surface area (TPSA) is 38.0 Å². The lowest BCUT2D eigenvalue weighted by atomic mass is 9.87. The first-order valence-corrected chi connectivity index (χ1v) is 5.43. The van der Waals surface area contributed by atoms with Crippen LogP contribution in [0.1, 0.15) is 31.4 Å². The van der Waals surface area contributed by atoms with Gasteiger partial charge in [-0.1, -0.05) is 18.2 Å². The molecular formula is C12H17FN2. The van der Waals surface area contributed by atoms with Crippen molar-refractivity contribution in [2.45, 2.75) is 37.9 Å². The Morgan fingerprint density at radius 2 is 2.07 bits per heavy atom. The van der Waals surface area contributed by atoms with E-state index in [1.807, 2.05) is 19.1 Å². The Morgan fingerprint density at radius 3 is 2.67 bits per heavy atom. The van der Waals surface area contributed by atoms with Gasteiger partial charge in [0.1, 0.15) is 5.82 Å². The molecule has 2 nitrogen and oxygen atoms in total. The zero-order valence-electron chi connectivity index (χ0n) is 8.91. The zero-order chi connectivity index (χ0) is 10.8. The first-order chi connectivity index (χ1) is 7.16. The van der Waals surface area contributed by atoms with E-state index in [2.05, 4.69) is 5.32 Å². The van der Waals surface area contributed by atoms with Crippen molar-refractivity contribution < 1.29 is 4.39 Å². The molecule has 3 heteroatoms. The summed E-state index contributed by atoms with van der Waals surface area (Å²) in [6.45, 7) is 1.99. The second kappa shape index (κ2) is 4.29. The van der Waals surface area contributed by atoms with Gasteiger partial charge in [0.25, 0.3) is 0 Å². The first-order valence-electron chi connectivity index (χ1n) is 5.43. The minimum Gasteiger partial charge on any atom is -0.328 e. The standard InChI is InChI=1S/C12H17FN2/c1-8(15-10-6-9(14)7-10)11-4-2-3-5-12(11)13/h2-5,8-10,15H,6-7,14H2,1H3/t8-,9?,10?/m1/s1. The molecule has 0 radical (unpaired) electrons. The molecule has 0 amide bonds. The van der Waals surface area contributed by atoms with Gasteiger partial charge in [0.2, 0.25) is 0 Å². The fraction of sp³-hybridized carbons (Fsp3) is 0.500. The van der Waals surface area contributed by atoms with Crippen LogP contribution in [0.3, 0.4) is 0 Å². The summed E-state index contributed by atoms with van der Waals surface area (Å²) in [5.74, 6) is -0.138. The summed E-state index contributed by atoms with van der Waals surface area (Å²) in [7, 11) is 0. The summed E-state index contributed by atoms with van der Waals surface area (Å²) in [6, 6.07) is 7.74. The van der Waals surface area contributed by atoms with Gasteiger partial charge in [-0.25, -0.2) is 4.39 Å². The van der Waals surface area contributed by atoms with Crippen molar-refractivity contribution in [2.75, 3.05) is 0 Å². The SMILES string of the molecule is C[C@@H](NC1CC(N)C1)c1ccccc1F. The number of nitrogens with two attached hydrogens (primary N) is 1. The second-order valence-electron chi connectivity index (χ2n) is 4.34. The first kappa shape index (κ1) is 10.6. The molecule has 0 heterocycles. The number of hydrogen-bond acceptors (Lipinski definition) is 2. The van der Waals surface area contributed by atoms with Crippen LogP contribution in [0.4, 0.5) is 4.39 Å². The summed E-state index contributed by atoms with van der Waals surface area (Å²) in [5.41, 5.74) is 6.43. The lowest BCUT2D eigenvalue weighted by molar-refractivity contribution is 0.270. The molecule has 82 valence electrons. The molecule has 0 aromatic heterocycles. The Hall–Kier alpha value is -0.930. The fourth-order valence-electron chi connectivity index (χ4n) is 2.07. The van der Waals surface area contributed by atoms with Gasteiger partial charge < -0.3 is 11.1 Å². The van der Waals surface area contributed by atoms with E-state index in [1.165, 1.54) is 6.07 Å². The molecule has 1 aromatic carbocycles. The molecule has 1 atom stereocenters. The van der Waals surface area contributed by atoms with E-state index in [4.69, 9.17) is 5.73 Å². The quantitative estimate of drug-likeness (QED) is 0.797. The Labute approximate surface area is 89.7 Å². The summed E-state index contributed by atoms with van der Waals surface area (Å²) in [5, 5.41) is 3.38. The number of hydrogen-bond donors (Lipinski definition) is 2. The maximum Gasteiger partial charge on any atom is 0.127 e. The third-order valence-electron chi connectivity index (χ3n) is 3.03. The highest BCUT2D eigenvalue weighted by atomic mass is 19.1. The summed E-state index contributed by atoms with van der Waals surface area (Å²) in [6.07, 6.45) is 2.00. The predicted octanol–water partition coefficient (Wildman–Crippen LogP) is 1.97. The van der Waals surface area contributed by atoms with Crippen LogP contribution >= 0.6 is 0 Å². The van der Waals surface area contributed by atoms with Gasteiger partial charge >= 0.3 is 0 Å². The maximum absolute atomic E-state index is 13.4. The molecule has 0 spiro atoms. The monoisotopic (exact) mass is 208 g/mol. The average Bonchev–Trinajstić information content (AvgIpc) is 2.16. The van der Waals surface area contributed by atoms with E-state index in [0.29, 0.717) is 12.1 Å². The molecule has 0 aliphatic heterocycles. The second-order valence-corrected chi connectivity index (χ2v) is 4.34. The van der Waals surface area contributed by atoms with Crippen LogP contribution in [-0.4, -0.2) is 12.1 Å². The Kier molecular flexibility index (Phi) is 3.03. The molecule has 2 rings (SSSR count). The summed E-state index contributed by atoms with van der Waals surface area (Å²) in [4.78, 5) is 0. The smallest absolute Gasteiger partial charge is 0.127 e. The third-order valence-corrected chi connectivity index (χ3v) is 3.03. The van der Waals surface area contributed by atoms with Crippen LogP contribution in [-0.2, 0) is 0 Å². The van der Waals surface area contributed by atoms with E-state index in [-0.39, 0.29) is 11.9 Å². The minimum absolute atomic E-state index is 0.0590. The molecule has 0 unspecified atom stereocenters. The molecule has 3 N–H and O–H groups in total. The molecule has 0 saturated heterocycles. The van der Waals surface area contributed by atoms with Crippen LogP contribution in [0, 0.1) is 5.82 Å². The van der Waals surface area contributed by atoms with Gasteiger partial charge in [0.15, 0.2) is 0 Å². The van der Waals surface area contributed by atoms with E-state index < -0.39 is 0 Å². The van der Waals surface area contributed by atoms with Crippen molar-refractivity contribution in [1.29, 1.82) is 0 Å². The zero-order valence-corrected chi connectivity index (χ0v) is 8.91. The van der Waals surface area contributed by atoms with Gasteiger partial charge in [-0.05, 0) is 25.8 Å². The van der Waals surface area contributed by atoms with Crippen molar-refractivity contribution in [3.05, 3.63) is 35.6 Å². The minimum atomic E-state index is -0.138. The van der Waals surface area contributed by atoms with Gasteiger partial charge in [0.05, 0.1) is 0 Å². The van der Waals surface area contributed by atoms with E-state index in [0.717, 1.165) is 18.4 Å². The summed E-state index contributed by atoms with van der Waals surface area (Å²) >= 11 is 0. The van der Waals surface area contributed by atoms with Crippen molar-refractivity contribution in [3.63, 3.8) is 0 Å². The van der Waals surface area contributed by atoms with Crippen LogP contribution < -0.4 is 11.1 Å². The lowest BCUT2D eigenvalue weighted by Gasteiger charge is -2.35. The van der Waals surface area contributed by atoms with Crippen molar-refractivity contribution >= 4 is 0 Å². The number of benzene rings is 1. The fourth-order valence-corrected chi connectivity index (χ4v) is 2.07. The Morgan fingerprint density at radius 1 is 1.40 bits per heavy atom. The van der Waals surface area contributed by atoms with Gasteiger partial charge in [-0.15, -0.1) is 0 Å². The average molecular weight is 208 g/mol. The van der Waals surface area contributed by atoms with Crippen LogP contribution in [0.25, 0.3) is 0 Å². The van der Waals surface area contributed by atoms with Crippen LogP contribution in [0.5, 0.6) is 0 Å². The molecule has 1 fully saturated rings. The predicted molar refractivity (Wildman–Crippen MR) is 58.9 cm³/mol. The van der Waals surface area contributed by atoms with Crippen molar-refractivity contribution in [1.82, 2.24) is 5.32 Å². The van der Waals surface area contributed by atoms with E-state index >= 15 is 0 Å². The molecule has 1 aromatic rings. The number of nitrogens with one attached hydrogen (secondary N) is 1. The van der Waals surface area contributed by atoms with Gasteiger partial charge in [-0.2, -0.15) is 0 Å². The molecule has 15 heavy (non-hydrogen) atoms. The maximum atomic E-state index is 13.4. The van der Waals surface area contributed by atoms with E-state index in [1.54, 1.807) is 6.07 Å². The summed E-state index contributed by atoms with van der Waals surface area (Å²) < 4.78 is 13.4. The lowest BCUT2D eigenvalue weighted by Crippen LogP contribution is -2.49. The largest absolute Gasteiger partial charge is 0.328 e. The Bertz CT molecular complexity index is 334. The molecule has 0 bridgehead atoms. The highest BCUT2D eigenvalue weighted by Crippen LogP contribution is 2.23. The highest BCUT2D eigenvalue weighted by molar-refractivity contribution is 5.20. The molecular weight excluding hydrogens is 191 g/mol. The normalized spacial score (nSPS) is 27.1.